The normalized spacial score (nSPS) is 10.5. The second kappa shape index (κ2) is 4.88. The van der Waals surface area contributed by atoms with Gasteiger partial charge in [0.05, 0.1) is 6.54 Å². The average molecular weight is 221 g/mol. The van der Waals surface area contributed by atoms with Crippen molar-refractivity contribution < 1.29 is 4.79 Å². The maximum atomic E-state index is 11.0. The van der Waals surface area contributed by atoms with Crippen molar-refractivity contribution in [2.24, 2.45) is 5.73 Å². The number of primary amides is 1. The van der Waals surface area contributed by atoms with Crippen LogP contribution in [0.4, 0.5) is 11.4 Å². The van der Waals surface area contributed by atoms with Crippen LogP contribution in [0.25, 0.3) is 0 Å². The molecule has 16 heavy (non-hydrogen) atoms. The number of rotatable bonds is 4. The molecule has 0 spiro atoms. The summed E-state index contributed by atoms with van der Waals surface area (Å²) in [4.78, 5) is 12.9. The van der Waals surface area contributed by atoms with Crippen LogP contribution in [-0.2, 0) is 4.79 Å². The fraction of sp³-hybridized carbons (Fsp3) is 0.417. The summed E-state index contributed by atoms with van der Waals surface area (Å²) in [6, 6.07) is 5.98. The molecule has 0 atom stereocenters. The van der Waals surface area contributed by atoms with Crippen LogP contribution in [-0.4, -0.2) is 18.5 Å². The fourth-order valence-corrected chi connectivity index (χ4v) is 1.55. The third-order valence-electron chi connectivity index (χ3n) is 2.54. The van der Waals surface area contributed by atoms with Crippen molar-refractivity contribution in [2.75, 3.05) is 17.2 Å². The smallest absolute Gasteiger partial charge is 0.236 e. The van der Waals surface area contributed by atoms with Crippen molar-refractivity contribution in [1.29, 1.82) is 0 Å². The van der Waals surface area contributed by atoms with Crippen LogP contribution < -0.4 is 16.4 Å². The highest BCUT2D eigenvalue weighted by Crippen LogP contribution is 2.22. The van der Waals surface area contributed by atoms with E-state index in [0.29, 0.717) is 0 Å². The molecular formula is C12H19N3O. The first-order valence-electron chi connectivity index (χ1n) is 5.33. The van der Waals surface area contributed by atoms with Crippen molar-refractivity contribution in [3.8, 4) is 0 Å². The summed E-state index contributed by atoms with van der Waals surface area (Å²) in [5.74, 6) is -0.340. The lowest BCUT2D eigenvalue weighted by molar-refractivity contribution is -0.116. The van der Waals surface area contributed by atoms with E-state index in [0.717, 1.165) is 16.9 Å². The second-order valence-corrected chi connectivity index (χ2v) is 4.23. The van der Waals surface area contributed by atoms with Crippen LogP contribution in [0.1, 0.15) is 19.4 Å². The largest absolute Gasteiger partial charge is 0.398 e. The number of anilines is 2. The Morgan fingerprint density at radius 2 is 2.06 bits per heavy atom. The molecule has 4 heteroatoms. The van der Waals surface area contributed by atoms with Crippen molar-refractivity contribution in [2.45, 2.75) is 26.8 Å². The van der Waals surface area contributed by atoms with E-state index < -0.39 is 0 Å². The standard InChI is InChI=1S/C12H19N3O/c1-8(2)15(7-12(14)16)10-5-4-9(3)11(13)6-10/h4-6,8H,7,13H2,1-3H3,(H2,14,16). The summed E-state index contributed by atoms with van der Waals surface area (Å²) in [6.07, 6.45) is 0. The number of amides is 1. The van der Waals surface area contributed by atoms with Gasteiger partial charge in [0.2, 0.25) is 5.91 Å². The molecule has 0 aliphatic rings. The van der Waals surface area contributed by atoms with Gasteiger partial charge in [0.1, 0.15) is 0 Å². The minimum atomic E-state index is -0.340. The molecule has 4 N–H and O–H groups in total. The van der Waals surface area contributed by atoms with Gasteiger partial charge in [-0.15, -0.1) is 0 Å². The van der Waals surface area contributed by atoms with Crippen molar-refractivity contribution in [3.63, 3.8) is 0 Å². The molecule has 0 aliphatic carbocycles. The summed E-state index contributed by atoms with van der Waals surface area (Å²) in [6.45, 7) is 6.19. The first-order valence-corrected chi connectivity index (χ1v) is 5.33. The van der Waals surface area contributed by atoms with Gasteiger partial charge in [0.15, 0.2) is 0 Å². The third-order valence-corrected chi connectivity index (χ3v) is 2.54. The molecule has 0 saturated carbocycles. The summed E-state index contributed by atoms with van der Waals surface area (Å²) in [5, 5.41) is 0. The number of hydrogen-bond acceptors (Lipinski definition) is 3. The number of nitrogens with zero attached hydrogens (tertiary/aromatic N) is 1. The maximum absolute atomic E-state index is 11.0. The monoisotopic (exact) mass is 221 g/mol. The molecule has 0 unspecified atom stereocenters. The van der Waals surface area contributed by atoms with Gasteiger partial charge >= 0.3 is 0 Å². The van der Waals surface area contributed by atoms with E-state index >= 15 is 0 Å². The molecule has 88 valence electrons. The predicted octanol–water partition coefficient (Wildman–Crippen LogP) is 1.28. The molecule has 0 aromatic heterocycles. The van der Waals surface area contributed by atoms with Crippen LogP contribution in [0, 0.1) is 6.92 Å². The molecular weight excluding hydrogens is 202 g/mol. The molecule has 0 saturated heterocycles. The van der Waals surface area contributed by atoms with Crippen LogP contribution in [0.3, 0.4) is 0 Å². The van der Waals surface area contributed by atoms with Gasteiger partial charge in [-0.1, -0.05) is 6.07 Å². The summed E-state index contributed by atoms with van der Waals surface area (Å²) in [5.41, 5.74) is 13.8. The second-order valence-electron chi connectivity index (χ2n) is 4.23. The van der Waals surface area contributed by atoms with Gasteiger partial charge in [-0.25, -0.2) is 0 Å². The van der Waals surface area contributed by atoms with Gasteiger partial charge < -0.3 is 16.4 Å². The lowest BCUT2D eigenvalue weighted by Crippen LogP contribution is -2.38. The number of nitrogens with two attached hydrogens (primary N) is 2. The maximum Gasteiger partial charge on any atom is 0.236 e. The third kappa shape index (κ3) is 2.89. The Hall–Kier alpha value is -1.71. The first kappa shape index (κ1) is 12.4. The number of nitrogen functional groups attached to an aromatic ring is 1. The van der Waals surface area contributed by atoms with Crippen molar-refractivity contribution in [3.05, 3.63) is 23.8 Å². The highest BCUT2D eigenvalue weighted by molar-refractivity contribution is 5.80. The first-order chi connectivity index (χ1) is 7.41. The van der Waals surface area contributed by atoms with E-state index in [1.54, 1.807) is 0 Å². The van der Waals surface area contributed by atoms with Crippen molar-refractivity contribution >= 4 is 17.3 Å². The highest BCUT2D eigenvalue weighted by Gasteiger charge is 2.13. The minimum absolute atomic E-state index is 0.203. The van der Waals surface area contributed by atoms with E-state index in [1.165, 1.54) is 0 Å². The fourth-order valence-electron chi connectivity index (χ4n) is 1.55. The Labute approximate surface area is 96.2 Å². The lowest BCUT2D eigenvalue weighted by Gasteiger charge is -2.28. The molecule has 0 radical (unpaired) electrons. The van der Waals surface area contributed by atoms with Crippen LogP contribution >= 0.6 is 0 Å². The number of carbonyl (C=O) groups excluding carboxylic acids is 1. The van der Waals surface area contributed by atoms with E-state index in [9.17, 15) is 4.79 Å². The van der Waals surface area contributed by atoms with Gasteiger partial charge in [-0.2, -0.15) is 0 Å². The summed E-state index contributed by atoms with van der Waals surface area (Å²) in [7, 11) is 0. The van der Waals surface area contributed by atoms with E-state index in [2.05, 4.69) is 0 Å². The van der Waals surface area contributed by atoms with E-state index in [1.807, 2.05) is 43.9 Å². The number of carbonyl (C=O) groups is 1. The van der Waals surface area contributed by atoms with E-state index in [4.69, 9.17) is 11.5 Å². The number of benzene rings is 1. The predicted molar refractivity (Wildman–Crippen MR) is 67.3 cm³/mol. The Morgan fingerprint density at radius 1 is 1.44 bits per heavy atom. The van der Waals surface area contributed by atoms with Crippen LogP contribution in [0.5, 0.6) is 0 Å². The van der Waals surface area contributed by atoms with Crippen molar-refractivity contribution in [1.82, 2.24) is 0 Å². The molecule has 0 heterocycles. The molecule has 0 aliphatic heterocycles. The lowest BCUT2D eigenvalue weighted by atomic mass is 10.1. The summed E-state index contributed by atoms with van der Waals surface area (Å²) < 4.78 is 0. The molecule has 1 aromatic rings. The topological polar surface area (TPSA) is 72.3 Å². The SMILES string of the molecule is Cc1ccc(N(CC(N)=O)C(C)C)cc1N. The quantitative estimate of drug-likeness (QED) is 0.752. The zero-order chi connectivity index (χ0) is 12.3. The summed E-state index contributed by atoms with van der Waals surface area (Å²) >= 11 is 0. The van der Waals surface area contributed by atoms with Gasteiger partial charge in [0, 0.05) is 17.4 Å². The van der Waals surface area contributed by atoms with Crippen LogP contribution in [0.2, 0.25) is 0 Å². The van der Waals surface area contributed by atoms with Gasteiger partial charge in [-0.05, 0) is 38.5 Å². The van der Waals surface area contributed by atoms with Gasteiger partial charge in [-0.3, -0.25) is 4.79 Å². The highest BCUT2D eigenvalue weighted by atomic mass is 16.1. The van der Waals surface area contributed by atoms with Gasteiger partial charge in [0.25, 0.3) is 0 Å². The number of hydrogen-bond donors (Lipinski definition) is 2. The van der Waals surface area contributed by atoms with E-state index in [-0.39, 0.29) is 18.5 Å². The zero-order valence-corrected chi connectivity index (χ0v) is 10.0. The average Bonchev–Trinajstić information content (AvgIpc) is 2.18. The molecule has 0 fully saturated rings. The Balaban J connectivity index is 3.01. The Morgan fingerprint density at radius 3 is 2.50 bits per heavy atom. The molecule has 1 rings (SSSR count). The molecule has 1 amide bonds. The molecule has 4 nitrogen and oxygen atoms in total. The number of aryl methyl sites for hydroxylation is 1. The molecule has 0 bridgehead atoms. The zero-order valence-electron chi connectivity index (χ0n) is 10.0. The Bertz CT molecular complexity index is 388. The minimum Gasteiger partial charge on any atom is -0.398 e. The Kier molecular flexibility index (Phi) is 3.77. The van der Waals surface area contributed by atoms with Crippen LogP contribution in [0.15, 0.2) is 18.2 Å². The molecule has 1 aromatic carbocycles.